The van der Waals surface area contributed by atoms with Crippen molar-refractivity contribution < 1.29 is 23.8 Å². The van der Waals surface area contributed by atoms with Gasteiger partial charge in [-0.2, -0.15) is 0 Å². The summed E-state index contributed by atoms with van der Waals surface area (Å²) in [6, 6.07) is 6.18. The Hall–Kier alpha value is -2.32. The Labute approximate surface area is 179 Å². The summed E-state index contributed by atoms with van der Waals surface area (Å²) in [5, 5.41) is 13.9. The highest BCUT2D eigenvalue weighted by atomic mass is 32.1. The van der Waals surface area contributed by atoms with Crippen LogP contribution in [0.2, 0.25) is 0 Å². The van der Waals surface area contributed by atoms with Gasteiger partial charge >= 0.3 is 5.97 Å². The minimum atomic E-state index is -0.654. The highest BCUT2D eigenvalue weighted by Gasteiger charge is 2.39. The van der Waals surface area contributed by atoms with Crippen LogP contribution in [0.1, 0.15) is 53.9 Å². The second kappa shape index (κ2) is 9.22. The molecule has 8 heteroatoms. The lowest BCUT2D eigenvalue weighted by Gasteiger charge is -2.22. The van der Waals surface area contributed by atoms with E-state index in [0.29, 0.717) is 24.1 Å². The van der Waals surface area contributed by atoms with Gasteiger partial charge in [0, 0.05) is 18.9 Å². The lowest BCUT2D eigenvalue weighted by atomic mass is 10.0. The van der Waals surface area contributed by atoms with Crippen LogP contribution < -0.4 is 5.32 Å². The van der Waals surface area contributed by atoms with Crippen molar-refractivity contribution in [2.75, 3.05) is 6.54 Å². The average molecular weight is 435 g/mol. The molecule has 1 aliphatic rings. The van der Waals surface area contributed by atoms with Crippen LogP contribution in [0.3, 0.4) is 0 Å². The summed E-state index contributed by atoms with van der Waals surface area (Å²) in [7, 11) is 0. The van der Waals surface area contributed by atoms with Crippen molar-refractivity contribution in [3.05, 3.63) is 51.7 Å². The molecule has 0 bridgehead atoms. The molecule has 1 saturated carbocycles. The molecule has 2 N–H and O–H groups in total. The zero-order valence-corrected chi connectivity index (χ0v) is 18.2. The predicted octanol–water partition coefficient (Wildman–Crippen LogP) is 3.33. The Morgan fingerprint density at radius 1 is 1.27 bits per heavy atom. The molecule has 0 unspecified atom stereocenters. The number of aliphatic hydroxyl groups is 1. The molecule has 0 spiro atoms. The number of aliphatic hydroxyl groups excluding tert-OH is 1. The van der Waals surface area contributed by atoms with Crippen LogP contribution in [0, 0.1) is 17.7 Å². The number of hydrogen-bond donors (Lipinski definition) is 2. The summed E-state index contributed by atoms with van der Waals surface area (Å²) in [4.78, 5) is 29.4. The Balaban J connectivity index is 1.50. The predicted molar refractivity (Wildman–Crippen MR) is 112 cm³/mol. The molecule has 1 fully saturated rings. The molecular formula is C22H27FN2O4S. The maximum Gasteiger partial charge on any atom is 0.309 e. The number of benzene rings is 1. The van der Waals surface area contributed by atoms with Gasteiger partial charge in [-0.05, 0) is 51.3 Å². The minimum Gasteiger partial charge on any atom is -0.460 e. The number of hydrogen-bond acceptors (Lipinski definition) is 6. The van der Waals surface area contributed by atoms with Crippen LogP contribution in [0.15, 0.2) is 30.5 Å². The van der Waals surface area contributed by atoms with Gasteiger partial charge in [0.1, 0.15) is 16.3 Å². The van der Waals surface area contributed by atoms with Gasteiger partial charge in [0.05, 0.1) is 23.2 Å². The zero-order valence-electron chi connectivity index (χ0n) is 17.4. The third-order valence-corrected chi connectivity index (χ3v) is 5.96. The largest absolute Gasteiger partial charge is 0.460 e. The molecule has 6 nitrogen and oxygen atoms in total. The van der Waals surface area contributed by atoms with Gasteiger partial charge in [-0.15, -0.1) is 11.3 Å². The van der Waals surface area contributed by atoms with Crippen LogP contribution in [0.5, 0.6) is 0 Å². The molecule has 2 aromatic rings. The summed E-state index contributed by atoms with van der Waals surface area (Å²) in [6.45, 7) is 5.72. The van der Waals surface area contributed by atoms with Crippen molar-refractivity contribution in [3.63, 3.8) is 0 Å². The van der Waals surface area contributed by atoms with Gasteiger partial charge in [0.2, 0.25) is 0 Å². The number of amides is 1. The summed E-state index contributed by atoms with van der Waals surface area (Å²) in [5.41, 5.74) is 0.353. The standard InChI is InChI=1S/C22H27FN2O4S/c1-22(2,3)29-21(28)14-9-15(17(26)10-14)11-25-20(27)18-12-24-19(30-18)8-13-4-6-16(23)7-5-13/h4-7,12,14-15,17,26H,8-11H2,1-3H3,(H,25,27)/t14-,15+,17+/m0/s1. The third-order valence-electron chi connectivity index (χ3n) is 4.97. The fourth-order valence-electron chi connectivity index (χ4n) is 3.48. The molecule has 1 amide bonds. The maximum absolute atomic E-state index is 13.0. The molecule has 0 radical (unpaired) electrons. The van der Waals surface area contributed by atoms with Crippen molar-refractivity contribution in [3.8, 4) is 0 Å². The molecule has 3 atom stereocenters. The van der Waals surface area contributed by atoms with Crippen molar-refractivity contribution in [1.29, 1.82) is 0 Å². The van der Waals surface area contributed by atoms with E-state index in [-0.39, 0.29) is 36.1 Å². The van der Waals surface area contributed by atoms with Crippen LogP contribution in [0.25, 0.3) is 0 Å². The normalized spacial score (nSPS) is 21.4. The van der Waals surface area contributed by atoms with Crippen LogP contribution in [-0.2, 0) is 16.0 Å². The van der Waals surface area contributed by atoms with E-state index in [1.807, 2.05) is 20.8 Å². The maximum atomic E-state index is 13.0. The van der Waals surface area contributed by atoms with Gasteiger partial charge in [-0.25, -0.2) is 9.37 Å². The molecule has 0 saturated heterocycles. The number of nitrogens with one attached hydrogen (secondary N) is 1. The van der Waals surface area contributed by atoms with E-state index >= 15 is 0 Å². The summed E-state index contributed by atoms with van der Waals surface area (Å²) in [6.07, 6.45) is 2.22. The van der Waals surface area contributed by atoms with Crippen molar-refractivity contribution in [2.45, 2.75) is 51.7 Å². The first-order chi connectivity index (χ1) is 14.1. The summed E-state index contributed by atoms with van der Waals surface area (Å²) >= 11 is 1.28. The number of ether oxygens (including phenoxy) is 1. The zero-order chi connectivity index (χ0) is 21.9. The monoisotopic (exact) mass is 434 g/mol. The van der Waals surface area contributed by atoms with E-state index < -0.39 is 11.7 Å². The molecule has 1 aliphatic carbocycles. The topological polar surface area (TPSA) is 88.5 Å². The average Bonchev–Trinajstić information content (AvgIpc) is 3.27. The quantitative estimate of drug-likeness (QED) is 0.681. The van der Waals surface area contributed by atoms with Crippen molar-refractivity contribution in [1.82, 2.24) is 10.3 Å². The lowest BCUT2D eigenvalue weighted by molar-refractivity contribution is -0.160. The molecule has 162 valence electrons. The number of rotatable bonds is 6. The second-order valence-corrected chi connectivity index (χ2v) is 9.78. The first kappa shape index (κ1) is 22.4. The Bertz CT molecular complexity index is 891. The van der Waals surface area contributed by atoms with E-state index in [4.69, 9.17) is 4.74 Å². The first-order valence-corrected chi connectivity index (χ1v) is 10.8. The first-order valence-electron chi connectivity index (χ1n) is 9.99. The van der Waals surface area contributed by atoms with Crippen LogP contribution in [-0.4, -0.2) is 40.2 Å². The van der Waals surface area contributed by atoms with Crippen molar-refractivity contribution in [2.24, 2.45) is 11.8 Å². The molecule has 1 heterocycles. The Morgan fingerprint density at radius 2 is 1.97 bits per heavy atom. The van der Waals surface area contributed by atoms with Gasteiger partial charge in [-0.1, -0.05) is 12.1 Å². The van der Waals surface area contributed by atoms with Gasteiger partial charge < -0.3 is 15.2 Å². The van der Waals surface area contributed by atoms with E-state index in [1.165, 1.54) is 29.7 Å². The van der Waals surface area contributed by atoms with Crippen LogP contribution in [0.4, 0.5) is 4.39 Å². The van der Waals surface area contributed by atoms with Gasteiger partial charge in [0.15, 0.2) is 0 Å². The lowest BCUT2D eigenvalue weighted by Crippen LogP contribution is -2.32. The minimum absolute atomic E-state index is 0.196. The molecule has 3 rings (SSSR count). The number of carbonyl (C=O) groups excluding carboxylic acids is 2. The Kier molecular flexibility index (Phi) is 6.88. The SMILES string of the molecule is CC(C)(C)OC(=O)[C@H]1C[C@H](CNC(=O)c2cnc(Cc3ccc(F)cc3)s2)[C@H](O)C1. The molecule has 30 heavy (non-hydrogen) atoms. The fourth-order valence-corrected chi connectivity index (χ4v) is 4.35. The van der Waals surface area contributed by atoms with E-state index in [9.17, 15) is 19.1 Å². The second-order valence-electron chi connectivity index (χ2n) is 8.66. The highest BCUT2D eigenvalue weighted by molar-refractivity contribution is 7.13. The van der Waals surface area contributed by atoms with Gasteiger partial charge in [0.25, 0.3) is 5.91 Å². The van der Waals surface area contributed by atoms with E-state index in [1.54, 1.807) is 12.1 Å². The summed E-state index contributed by atoms with van der Waals surface area (Å²) < 4.78 is 18.4. The number of halogens is 1. The van der Waals surface area contributed by atoms with E-state index in [2.05, 4.69) is 10.3 Å². The number of aromatic nitrogens is 1. The van der Waals surface area contributed by atoms with Crippen LogP contribution >= 0.6 is 11.3 Å². The van der Waals surface area contributed by atoms with E-state index in [0.717, 1.165) is 10.6 Å². The fraction of sp³-hybridized carbons (Fsp3) is 0.500. The number of nitrogens with zero attached hydrogens (tertiary/aromatic N) is 1. The summed E-state index contributed by atoms with van der Waals surface area (Å²) in [5.74, 6) is -1.40. The molecular weight excluding hydrogens is 407 g/mol. The smallest absolute Gasteiger partial charge is 0.309 e. The molecule has 1 aromatic carbocycles. The molecule has 1 aromatic heterocycles. The Morgan fingerprint density at radius 3 is 2.63 bits per heavy atom. The van der Waals surface area contributed by atoms with Gasteiger partial charge in [-0.3, -0.25) is 9.59 Å². The highest BCUT2D eigenvalue weighted by Crippen LogP contribution is 2.33. The third kappa shape index (κ3) is 6.09. The van der Waals surface area contributed by atoms with Crippen molar-refractivity contribution >= 4 is 23.2 Å². The number of esters is 1. The number of thiazole rings is 1. The molecule has 0 aliphatic heterocycles. The number of carbonyl (C=O) groups is 2.